The molecule has 2 atom stereocenters. The van der Waals surface area contributed by atoms with E-state index in [-0.39, 0.29) is 18.5 Å². The minimum Gasteiger partial charge on any atom is -0.491 e. The van der Waals surface area contributed by atoms with Gasteiger partial charge in [0, 0.05) is 29.3 Å². The normalized spacial score (nSPS) is 20.4. The third-order valence-electron chi connectivity index (χ3n) is 5.87. The van der Waals surface area contributed by atoms with Crippen molar-refractivity contribution < 1.29 is 19.1 Å². The van der Waals surface area contributed by atoms with E-state index in [0.29, 0.717) is 29.9 Å². The number of benzene rings is 2. The van der Waals surface area contributed by atoms with Crippen LogP contribution in [0.1, 0.15) is 50.7 Å². The van der Waals surface area contributed by atoms with E-state index in [9.17, 15) is 9.59 Å². The summed E-state index contributed by atoms with van der Waals surface area (Å²) in [6, 6.07) is 17.3. The summed E-state index contributed by atoms with van der Waals surface area (Å²) in [6.45, 7) is 5.97. The molecule has 2 aliphatic rings. The number of ketones is 1. The average molecular weight is 432 g/mol. The number of hydrogen-bond donors (Lipinski definition) is 1. The van der Waals surface area contributed by atoms with Crippen LogP contribution in [0, 0.1) is 5.92 Å². The first-order valence-corrected chi connectivity index (χ1v) is 11.1. The molecule has 1 aliphatic carbocycles. The molecule has 2 aromatic rings. The van der Waals surface area contributed by atoms with E-state index >= 15 is 0 Å². The fourth-order valence-corrected chi connectivity index (χ4v) is 4.52. The van der Waals surface area contributed by atoms with Crippen LogP contribution < -0.4 is 10.1 Å². The summed E-state index contributed by atoms with van der Waals surface area (Å²) in [5.41, 5.74) is 3.81. The molecule has 0 bridgehead atoms. The Bertz CT molecular complexity index is 1070. The fraction of sp³-hybridized carbons (Fsp3) is 0.333. The molecule has 32 heavy (non-hydrogen) atoms. The van der Waals surface area contributed by atoms with Gasteiger partial charge in [0.2, 0.25) is 0 Å². The molecule has 1 aliphatic heterocycles. The van der Waals surface area contributed by atoms with Gasteiger partial charge in [0.25, 0.3) is 0 Å². The van der Waals surface area contributed by atoms with E-state index in [1.165, 1.54) is 0 Å². The van der Waals surface area contributed by atoms with Crippen molar-refractivity contribution in [2.45, 2.75) is 52.2 Å². The topological polar surface area (TPSA) is 64.6 Å². The highest BCUT2D eigenvalue weighted by Gasteiger charge is 2.44. The Kier molecular flexibility index (Phi) is 6.45. The van der Waals surface area contributed by atoms with Gasteiger partial charge in [-0.25, -0.2) is 4.79 Å². The second-order valence-corrected chi connectivity index (χ2v) is 8.55. The summed E-state index contributed by atoms with van der Waals surface area (Å²) >= 11 is 0. The summed E-state index contributed by atoms with van der Waals surface area (Å²) in [6.07, 6.45) is 3.20. The van der Waals surface area contributed by atoms with Crippen LogP contribution in [0.4, 0.5) is 0 Å². The lowest BCUT2D eigenvalue weighted by molar-refractivity contribution is -0.141. The first kappa shape index (κ1) is 21.9. The van der Waals surface area contributed by atoms with Crippen LogP contribution >= 0.6 is 0 Å². The largest absolute Gasteiger partial charge is 0.491 e. The van der Waals surface area contributed by atoms with Crippen molar-refractivity contribution in [3.63, 3.8) is 0 Å². The van der Waals surface area contributed by atoms with Gasteiger partial charge in [-0.05, 0) is 38.8 Å². The van der Waals surface area contributed by atoms with Gasteiger partial charge in [-0.3, -0.25) is 4.79 Å². The van der Waals surface area contributed by atoms with Gasteiger partial charge >= 0.3 is 5.97 Å². The predicted molar refractivity (Wildman–Crippen MR) is 123 cm³/mol. The quantitative estimate of drug-likeness (QED) is 0.649. The lowest BCUT2D eigenvalue weighted by Crippen LogP contribution is -2.41. The Balaban J connectivity index is 1.76. The maximum Gasteiger partial charge on any atom is 0.336 e. The molecule has 5 heteroatoms. The van der Waals surface area contributed by atoms with Crippen LogP contribution in [0.3, 0.4) is 0 Å². The molecule has 166 valence electrons. The average Bonchev–Trinajstić information content (AvgIpc) is 2.77. The standard InChI is InChI=1S/C27H29NO4/c1-17(2)32-23-15-8-7-12-20(23)25-24(27(30)31-16-19-10-5-4-6-11-19)18(3)28-21-13-9-14-22(29)26(21)25/h4-8,10-13,15,17,25-26,28H,9,14,16H2,1-3H3. The van der Waals surface area contributed by atoms with Crippen LogP contribution in [0.25, 0.3) is 0 Å². The Morgan fingerprint density at radius 2 is 1.78 bits per heavy atom. The van der Waals surface area contributed by atoms with E-state index in [1.54, 1.807) is 0 Å². The number of allylic oxidation sites excluding steroid dienone is 3. The van der Waals surface area contributed by atoms with Gasteiger partial charge in [0.1, 0.15) is 18.1 Å². The number of ether oxygens (including phenoxy) is 2. The van der Waals surface area contributed by atoms with E-state index < -0.39 is 17.8 Å². The van der Waals surface area contributed by atoms with Crippen LogP contribution in [0.15, 0.2) is 77.6 Å². The van der Waals surface area contributed by atoms with Gasteiger partial charge in [-0.1, -0.05) is 54.6 Å². The zero-order chi connectivity index (χ0) is 22.7. The van der Waals surface area contributed by atoms with Crippen molar-refractivity contribution in [3.8, 4) is 5.75 Å². The summed E-state index contributed by atoms with van der Waals surface area (Å²) in [7, 11) is 0. The lowest BCUT2D eigenvalue weighted by atomic mass is 9.71. The zero-order valence-electron chi connectivity index (χ0n) is 18.8. The number of nitrogens with one attached hydrogen (secondary N) is 1. The third-order valence-corrected chi connectivity index (χ3v) is 5.87. The maximum atomic E-state index is 13.4. The van der Waals surface area contributed by atoms with Gasteiger partial charge in [-0.2, -0.15) is 0 Å². The molecular formula is C27H29NO4. The van der Waals surface area contributed by atoms with Crippen LogP contribution in [0.2, 0.25) is 0 Å². The van der Waals surface area contributed by atoms with Gasteiger partial charge in [-0.15, -0.1) is 0 Å². The van der Waals surface area contributed by atoms with Crippen molar-refractivity contribution >= 4 is 11.8 Å². The minimum absolute atomic E-state index is 0.0338. The number of carbonyl (C=O) groups is 2. The van der Waals surface area contributed by atoms with E-state index in [0.717, 1.165) is 16.8 Å². The summed E-state index contributed by atoms with van der Waals surface area (Å²) in [4.78, 5) is 26.5. The third kappa shape index (κ3) is 4.47. The zero-order valence-corrected chi connectivity index (χ0v) is 18.8. The second kappa shape index (κ2) is 9.43. The molecule has 0 saturated carbocycles. The van der Waals surface area contributed by atoms with Crippen molar-refractivity contribution in [3.05, 3.63) is 88.8 Å². The number of hydrogen-bond acceptors (Lipinski definition) is 5. The molecule has 2 unspecified atom stereocenters. The van der Waals surface area contributed by atoms with Gasteiger partial charge < -0.3 is 14.8 Å². The van der Waals surface area contributed by atoms with E-state index in [1.807, 2.05) is 75.4 Å². The minimum atomic E-state index is -0.464. The number of esters is 1. The number of fused-ring (bicyclic) bond motifs is 1. The van der Waals surface area contributed by atoms with Gasteiger partial charge in [0.15, 0.2) is 0 Å². The smallest absolute Gasteiger partial charge is 0.336 e. The number of Topliss-reactive ketones (excluding diaryl/α,β-unsaturated/α-hetero) is 1. The summed E-state index contributed by atoms with van der Waals surface area (Å²) in [5.74, 6) is -0.522. The summed E-state index contributed by atoms with van der Waals surface area (Å²) < 4.78 is 11.8. The second-order valence-electron chi connectivity index (χ2n) is 8.55. The van der Waals surface area contributed by atoms with E-state index in [4.69, 9.17) is 9.47 Å². The molecular weight excluding hydrogens is 402 g/mol. The van der Waals surface area contributed by atoms with Crippen LogP contribution in [-0.4, -0.2) is 17.9 Å². The highest BCUT2D eigenvalue weighted by molar-refractivity contribution is 5.96. The molecule has 1 N–H and O–H groups in total. The Morgan fingerprint density at radius 3 is 2.53 bits per heavy atom. The van der Waals surface area contributed by atoms with Gasteiger partial charge in [0.05, 0.1) is 17.6 Å². The number of para-hydroxylation sites is 1. The highest BCUT2D eigenvalue weighted by Crippen LogP contribution is 2.46. The Hall–Kier alpha value is -3.34. The lowest BCUT2D eigenvalue weighted by Gasteiger charge is -2.38. The van der Waals surface area contributed by atoms with Crippen molar-refractivity contribution in [2.24, 2.45) is 5.92 Å². The fourth-order valence-electron chi connectivity index (χ4n) is 4.52. The number of rotatable bonds is 6. The molecule has 4 rings (SSSR count). The molecule has 0 fully saturated rings. The molecule has 1 heterocycles. The first-order valence-electron chi connectivity index (χ1n) is 11.1. The van der Waals surface area contributed by atoms with Crippen LogP contribution in [0.5, 0.6) is 5.75 Å². The molecule has 0 saturated heterocycles. The van der Waals surface area contributed by atoms with Crippen LogP contribution in [-0.2, 0) is 20.9 Å². The first-order chi connectivity index (χ1) is 15.5. The number of carbonyl (C=O) groups excluding carboxylic acids is 2. The maximum absolute atomic E-state index is 13.4. The Morgan fingerprint density at radius 1 is 1.06 bits per heavy atom. The SMILES string of the molecule is CC1=C(C(=O)OCc2ccccc2)C(c2ccccc2OC(C)C)C2C(=O)CCC=C2N1. The van der Waals surface area contributed by atoms with Crippen molar-refractivity contribution in [1.29, 1.82) is 0 Å². The molecule has 0 amide bonds. The molecule has 0 radical (unpaired) electrons. The van der Waals surface area contributed by atoms with E-state index in [2.05, 4.69) is 11.4 Å². The molecule has 5 nitrogen and oxygen atoms in total. The van der Waals surface area contributed by atoms with Crippen molar-refractivity contribution in [2.75, 3.05) is 0 Å². The highest BCUT2D eigenvalue weighted by atomic mass is 16.5. The predicted octanol–water partition coefficient (Wildman–Crippen LogP) is 5.04. The van der Waals surface area contributed by atoms with Crippen molar-refractivity contribution in [1.82, 2.24) is 5.32 Å². The molecule has 0 aromatic heterocycles. The Labute approximate surface area is 189 Å². The molecule has 0 spiro atoms. The monoisotopic (exact) mass is 431 g/mol. The molecule has 2 aromatic carbocycles. The summed E-state index contributed by atoms with van der Waals surface area (Å²) in [5, 5.41) is 3.32.